The van der Waals surface area contributed by atoms with Gasteiger partial charge in [0.05, 0.1) is 5.75 Å². The van der Waals surface area contributed by atoms with Crippen molar-refractivity contribution in [3.05, 3.63) is 60.2 Å². The molecule has 0 saturated carbocycles. The first kappa shape index (κ1) is 20.9. The number of nitrogens with zero attached hydrogens (tertiary/aromatic N) is 1. The van der Waals surface area contributed by atoms with Crippen molar-refractivity contribution in [3.63, 3.8) is 0 Å². The number of hydrogen-bond acceptors (Lipinski definition) is 6. The molecule has 0 fully saturated rings. The van der Waals surface area contributed by atoms with E-state index in [1.807, 2.05) is 61.5 Å². The fraction of sp³-hybridized carbons (Fsp3) is 0.190. The van der Waals surface area contributed by atoms with Gasteiger partial charge in [-0.15, -0.1) is 0 Å². The van der Waals surface area contributed by atoms with Gasteiger partial charge < -0.3 is 15.4 Å². The Kier molecular flexibility index (Phi) is 7.26. The summed E-state index contributed by atoms with van der Waals surface area (Å²) in [6, 6.07) is 17.2. The second-order valence-electron chi connectivity index (χ2n) is 6.14. The Morgan fingerprint density at radius 2 is 1.90 bits per heavy atom. The normalized spacial score (nSPS) is 10.4. The number of thioether (sulfide) groups is 1. The molecule has 0 radical (unpaired) electrons. The molecule has 0 aliphatic rings. The van der Waals surface area contributed by atoms with Gasteiger partial charge in [-0.2, -0.15) is 0 Å². The highest BCUT2D eigenvalue weighted by Crippen LogP contribution is 2.37. The minimum Gasteiger partial charge on any atom is -0.484 e. The van der Waals surface area contributed by atoms with Crippen LogP contribution in [0.25, 0.3) is 11.3 Å². The van der Waals surface area contributed by atoms with Crippen LogP contribution in [0.3, 0.4) is 0 Å². The molecule has 2 amide bonds. The van der Waals surface area contributed by atoms with E-state index in [2.05, 4.69) is 15.6 Å². The molecule has 2 aromatic carbocycles. The van der Waals surface area contributed by atoms with Gasteiger partial charge in [0.25, 0.3) is 5.91 Å². The van der Waals surface area contributed by atoms with Gasteiger partial charge in [-0.3, -0.25) is 9.59 Å². The van der Waals surface area contributed by atoms with Crippen molar-refractivity contribution in [2.75, 3.05) is 24.7 Å². The van der Waals surface area contributed by atoms with E-state index in [1.54, 1.807) is 7.05 Å². The third-order valence-electron chi connectivity index (χ3n) is 3.87. The molecule has 3 aromatic rings. The fourth-order valence-electron chi connectivity index (χ4n) is 2.45. The number of carbonyl (C=O) groups is 2. The molecule has 0 saturated heterocycles. The summed E-state index contributed by atoms with van der Waals surface area (Å²) < 4.78 is 6.29. The lowest BCUT2D eigenvalue weighted by Crippen LogP contribution is -2.20. The number of ether oxygens (including phenoxy) is 1. The Morgan fingerprint density at radius 1 is 1.10 bits per heavy atom. The van der Waals surface area contributed by atoms with Gasteiger partial charge in [-0.25, -0.2) is 4.98 Å². The monoisotopic (exact) mass is 427 g/mol. The number of aryl methyl sites for hydroxylation is 1. The number of nitrogens with one attached hydrogen (secondary N) is 2. The molecule has 0 unspecified atom stereocenters. The zero-order valence-corrected chi connectivity index (χ0v) is 17.7. The topological polar surface area (TPSA) is 80.3 Å². The van der Waals surface area contributed by atoms with Crippen molar-refractivity contribution < 1.29 is 14.3 Å². The lowest BCUT2D eigenvalue weighted by molar-refractivity contribution is -0.118. The number of hydrogen-bond donors (Lipinski definition) is 2. The van der Waals surface area contributed by atoms with Crippen molar-refractivity contribution in [1.29, 1.82) is 0 Å². The number of thiazole rings is 1. The zero-order chi connectivity index (χ0) is 20.6. The van der Waals surface area contributed by atoms with Gasteiger partial charge in [-0.1, -0.05) is 65.6 Å². The highest BCUT2D eigenvalue weighted by Gasteiger charge is 2.17. The first-order chi connectivity index (χ1) is 14.0. The summed E-state index contributed by atoms with van der Waals surface area (Å²) in [4.78, 5) is 28.6. The van der Waals surface area contributed by atoms with E-state index in [0.717, 1.165) is 11.1 Å². The second-order valence-corrected chi connectivity index (χ2v) is 8.36. The summed E-state index contributed by atoms with van der Waals surface area (Å²) in [5, 5.41) is 6.11. The number of anilines is 1. The average molecular weight is 428 g/mol. The zero-order valence-electron chi connectivity index (χ0n) is 16.1. The molecule has 0 atom stereocenters. The minimum atomic E-state index is -0.268. The molecule has 0 aliphatic carbocycles. The van der Waals surface area contributed by atoms with Crippen LogP contribution in [-0.4, -0.2) is 36.2 Å². The first-order valence-corrected chi connectivity index (χ1v) is 10.7. The van der Waals surface area contributed by atoms with Gasteiger partial charge in [-0.05, 0) is 24.6 Å². The van der Waals surface area contributed by atoms with E-state index in [9.17, 15) is 9.59 Å². The standard InChI is InChI=1S/C21H21N3O3S2/c1-14-7-6-10-16(11-14)27-12-17(25)23-20-19(15-8-4-3-5-9-15)24-21(29-20)28-13-18(26)22-2/h3-11H,12-13H2,1-2H3,(H,22,26)(H,23,25). The van der Waals surface area contributed by atoms with E-state index >= 15 is 0 Å². The van der Waals surface area contributed by atoms with E-state index in [-0.39, 0.29) is 24.2 Å². The molecule has 0 bridgehead atoms. The lowest BCUT2D eigenvalue weighted by atomic mass is 10.2. The minimum absolute atomic E-state index is 0.0800. The molecule has 1 heterocycles. The third kappa shape index (κ3) is 6.07. The van der Waals surface area contributed by atoms with E-state index in [4.69, 9.17) is 4.74 Å². The molecular formula is C21H21N3O3S2. The molecule has 150 valence electrons. The second kappa shape index (κ2) is 10.1. The Morgan fingerprint density at radius 3 is 2.62 bits per heavy atom. The fourth-order valence-corrected chi connectivity index (χ4v) is 4.41. The van der Waals surface area contributed by atoms with Crippen molar-refractivity contribution in [3.8, 4) is 17.0 Å². The lowest BCUT2D eigenvalue weighted by Gasteiger charge is -2.08. The highest BCUT2D eigenvalue weighted by atomic mass is 32.2. The van der Waals surface area contributed by atoms with Crippen LogP contribution in [0, 0.1) is 6.92 Å². The molecule has 3 rings (SSSR count). The van der Waals surface area contributed by atoms with Crippen LogP contribution in [0.2, 0.25) is 0 Å². The molecule has 0 aliphatic heterocycles. The predicted octanol–water partition coefficient (Wildman–Crippen LogP) is 3.97. The number of carbonyl (C=O) groups excluding carboxylic acids is 2. The summed E-state index contributed by atoms with van der Waals surface area (Å²) in [7, 11) is 1.60. The Hall–Kier alpha value is -2.84. The van der Waals surface area contributed by atoms with Crippen molar-refractivity contribution in [2.45, 2.75) is 11.3 Å². The summed E-state index contributed by atoms with van der Waals surface area (Å²) in [5.74, 6) is 0.565. The summed E-state index contributed by atoms with van der Waals surface area (Å²) in [5.41, 5.74) is 2.64. The molecule has 2 N–H and O–H groups in total. The maximum absolute atomic E-state index is 12.4. The van der Waals surface area contributed by atoms with Gasteiger partial charge >= 0.3 is 0 Å². The first-order valence-electron chi connectivity index (χ1n) is 8.94. The number of aromatic nitrogens is 1. The van der Waals surface area contributed by atoms with Crippen LogP contribution in [0.4, 0.5) is 5.00 Å². The van der Waals surface area contributed by atoms with Gasteiger partial charge in [0, 0.05) is 12.6 Å². The predicted molar refractivity (Wildman–Crippen MR) is 118 cm³/mol. The van der Waals surface area contributed by atoms with E-state index in [1.165, 1.54) is 23.1 Å². The van der Waals surface area contributed by atoms with Crippen molar-refractivity contribution in [1.82, 2.24) is 10.3 Å². The Labute approximate surface area is 177 Å². The molecule has 6 nitrogen and oxygen atoms in total. The van der Waals surface area contributed by atoms with Gasteiger partial charge in [0.2, 0.25) is 5.91 Å². The maximum Gasteiger partial charge on any atom is 0.262 e. The Bertz CT molecular complexity index is 990. The van der Waals surface area contributed by atoms with Gasteiger partial charge in [0.1, 0.15) is 16.4 Å². The van der Waals surface area contributed by atoms with Crippen LogP contribution in [0.15, 0.2) is 58.9 Å². The van der Waals surface area contributed by atoms with Crippen LogP contribution in [0.5, 0.6) is 5.75 Å². The summed E-state index contributed by atoms with van der Waals surface area (Å²) in [6.45, 7) is 1.87. The SMILES string of the molecule is CNC(=O)CSc1nc(-c2ccccc2)c(NC(=O)COc2cccc(C)c2)s1. The molecular weight excluding hydrogens is 406 g/mol. The number of amides is 2. The van der Waals surface area contributed by atoms with Crippen LogP contribution >= 0.6 is 23.1 Å². The van der Waals surface area contributed by atoms with E-state index in [0.29, 0.717) is 20.8 Å². The summed E-state index contributed by atoms with van der Waals surface area (Å²) >= 11 is 2.68. The number of benzene rings is 2. The number of rotatable bonds is 8. The molecule has 29 heavy (non-hydrogen) atoms. The van der Waals surface area contributed by atoms with Crippen LogP contribution < -0.4 is 15.4 Å². The quantitative estimate of drug-likeness (QED) is 0.532. The van der Waals surface area contributed by atoms with Crippen molar-refractivity contribution in [2.24, 2.45) is 0 Å². The van der Waals surface area contributed by atoms with Crippen LogP contribution in [-0.2, 0) is 9.59 Å². The van der Waals surface area contributed by atoms with E-state index < -0.39 is 0 Å². The Balaban J connectivity index is 1.72. The van der Waals surface area contributed by atoms with Crippen molar-refractivity contribution >= 4 is 39.9 Å². The largest absolute Gasteiger partial charge is 0.484 e. The highest BCUT2D eigenvalue weighted by molar-refractivity contribution is 8.01. The molecule has 0 spiro atoms. The van der Waals surface area contributed by atoms with Crippen LogP contribution in [0.1, 0.15) is 5.56 Å². The average Bonchev–Trinajstić information content (AvgIpc) is 3.13. The molecule has 1 aromatic heterocycles. The third-order valence-corrected chi connectivity index (χ3v) is 5.99. The summed E-state index contributed by atoms with van der Waals surface area (Å²) in [6.07, 6.45) is 0. The van der Waals surface area contributed by atoms with Gasteiger partial charge in [0.15, 0.2) is 10.9 Å². The smallest absolute Gasteiger partial charge is 0.262 e. The maximum atomic E-state index is 12.4. The molecule has 8 heteroatoms.